The summed E-state index contributed by atoms with van der Waals surface area (Å²) in [6.45, 7) is 7.25. The molecular weight excluding hydrogens is 282 g/mol. The summed E-state index contributed by atoms with van der Waals surface area (Å²) in [4.78, 5) is 0. The van der Waals surface area contributed by atoms with Crippen LogP contribution in [0.25, 0.3) is 0 Å². The highest BCUT2D eigenvalue weighted by Crippen LogP contribution is 2.32. The van der Waals surface area contributed by atoms with Gasteiger partial charge in [0.15, 0.2) is 0 Å². The highest BCUT2D eigenvalue weighted by molar-refractivity contribution is 7.99. The summed E-state index contributed by atoms with van der Waals surface area (Å²) in [5.41, 5.74) is 2.62. The molecule has 0 bridgehead atoms. The van der Waals surface area contributed by atoms with E-state index in [1.807, 2.05) is 11.8 Å². The fourth-order valence-corrected chi connectivity index (χ4v) is 3.82. The zero-order valence-electron chi connectivity index (χ0n) is 13.4. The van der Waals surface area contributed by atoms with E-state index < -0.39 is 0 Å². The second kappa shape index (κ2) is 8.66. The molecule has 1 aliphatic rings. The Hall–Kier alpha value is -0.710. The lowest BCUT2D eigenvalue weighted by Gasteiger charge is -2.16. The standard InChI is InChI=1S/C17H27NO2S/c1-4-8-18-11-14-5-6-16(19-3)15(10-14)12-21-17-7-9-20-13(17)2/h5-6,10,13,17-18H,4,7-9,11-12H2,1-3H3. The van der Waals surface area contributed by atoms with Crippen molar-refractivity contribution in [3.63, 3.8) is 0 Å². The predicted molar refractivity (Wildman–Crippen MR) is 90.1 cm³/mol. The average Bonchev–Trinajstić information content (AvgIpc) is 2.91. The largest absolute Gasteiger partial charge is 0.496 e. The summed E-state index contributed by atoms with van der Waals surface area (Å²) in [6, 6.07) is 6.51. The molecule has 1 fully saturated rings. The molecule has 1 N–H and O–H groups in total. The first-order chi connectivity index (χ1) is 10.2. The minimum atomic E-state index is 0.371. The molecule has 1 aromatic carbocycles. The van der Waals surface area contributed by atoms with Gasteiger partial charge in [0.1, 0.15) is 5.75 Å². The van der Waals surface area contributed by atoms with E-state index in [2.05, 4.69) is 37.4 Å². The monoisotopic (exact) mass is 309 g/mol. The van der Waals surface area contributed by atoms with Crippen LogP contribution in [0.2, 0.25) is 0 Å². The Labute approximate surface area is 132 Å². The minimum absolute atomic E-state index is 0.371. The van der Waals surface area contributed by atoms with E-state index >= 15 is 0 Å². The van der Waals surface area contributed by atoms with Crippen LogP contribution in [0.1, 0.15) is 37.8 Å². The number of methoxy groups -OCH3 is 1. The molecule has 1 saturated heterocycles. The molecule has 4 heteroatoms. The van der Waals surface area contributed by atoms with Crippen LogP contribution < -0.4 is 10.1 Å². The van der Waals surface area contributed by atoms with E-state index in [9.17, 15) is 0 Å². The summed E-state index contributed by atoms with van der Waals surface area (Å²) in [5, 5.41) is 4.06. The Morgan fingerprint density at radius 2 is 2.29 bits per heavy atom. The number of ether oxygens (including phenoxy) is 2. The van der Waals surface area contributed by atoms with Crippen LogP contribution in [-0.4, -0.2) is 31.6 Å². The number of hydrogen-bond donors (Lipinski definition) is 1. The van der Waals surface area contributed by atoms with Crippen molar-refractivity contribution in [1.82, 2.24) is 5.32 Å². The van der Waals surface area contributed by atoms with E-state index in [0.29, 0.717) is 11.4 Å². The molecule has 2 atom stereocenters. The molecule has 0 aromatic heterocycles. The van der Waals surface area contributed by atoms with Gasteiger partial charge in [0.25, 0.3) is 0 Å². The van der Waals surface area contributed by atoms with E-state index in [1.165, 1.54) is 17.5 Å². The Bertz CT molecular complexity index is 439. The maximum absolute atomic E-state index is 5.64. The van der Waals surface area contributed by atoms with Crippen molar-refractivity contribution in [3.05, 3.63) is 29.3 Å². The number of rotatable bonds is 8. The Morgan fingerprint density at radius 3 is 2.95 bits per heavy atom. The fourth-order valence-electron chi connectivity index (χ4n) is 2.59. The second-order valence-electron chi connectivity index (χ2n) is 5.54. The molecule has 0 aliphatic carbocycles. The van der Waals surface area contributed by atoms with E-state index in [1.54, 1.807) is 7.11 Å². The molecule has 118 valence electrons. The van der Waals surface area contributed by atoms with E-state index in [0.717, 1.165) is 37.6 Å². The molecule has 0 radical (unpaired) electrons. The maximum atomic E-state index is 5.64. The molecule has 1 aliphatic heterocycles. The van der Waals surface area contributed by atoms with E-state index in [-0.39, 0.29) is 0 Å². The lowest BCUT2D eigenvalue weighted by atomic mass is 10.1. The molecule has 1 heterocycles. The van der Waals surface area contributed by atoms with Crippen molar-refractivity contribution in [2.75, 3.05) is 20.3 Å². The van der Waals surface area contributed by atoms with Crippen molar-refractivity contribution < 1.29 is 9.47 Å². The molecule has 3 nitrogen and oxygen atoms in total. The summed E-state index contributed by atoms with van der Waals surface area (Å²) < 4.78 is 11.1. The smallest absolute Gasteiger partial charge is 0.122 e. The number of benzene rings is 1. The summed E-state index contributed by atoms with van der Waals surface area (Å²) in [5.74, 6) is 1.98. The van der Waals surface area contributed by atoms with Crippen LogP contribution in [0.3, 0.4) is 0 Å². The predicted octanol–water partition coefficient (Wildman–Crippen LogP) is 3.61. The van der Waals surface area contributed by atoms with Crippen molar-refractivity contribution in [1.29, 1.82) is 0 Å². The first kappa shape index (κ1) is 16.7. The van der Waals surface area contributed by atoms with Gasteiger partial charge >= 0.3 is 0 Å². The third kappa shape index (κ3) is 4.90. The van der Waals surface area contributed by atoms with Crippen molar-refractivity contribution in [2.45, 2.75) is 50.3 Å². The summed E-state index contributed by atoms with van der Waals surface area (Å²) in [6.07, 6.45) is 2.69. The van der Waals surface area contributed by atoms with Gasteiger partial charge in [0.05, 0.1) is 13.2 Å². The molecule has 0 saturated carbocycles. The van der Waals surface area contributed by atoms with Crippen LogP contribution in [-0.2, 0) is 17.0 Å². The quantitative estimate of drug-likeness (QED) is 0.743. The Balaban J connectivity index is 1.96. The minimum Gasteiger partial charge on any atom is -0.496 e. The summed E-state index contributed by atoms with van der Waals surface area (Å²) in [7, 11) is 1.75. The van der Waals surface area contributed by atoms with Gasteiger partial charge in [-0.05, 0) is 44.0 Å². The van der Waals surface area contributed by atoms with Crippen molar-refractivity contribution >= 4 is 11.8 Å². The molecular formula is C17H27NO2S. The topological polar surface area (TPSA) is 30.5 Å². The highest BCUT2D eigenvalue weighted by Gasteiger charge is 2.24. The van der Waals surface area contributed by atoms with Crippen LogP contribution in [0.4, 0.5) is 0 Å². The maximum Gasteiger partial charge on any atom is 0.122 e. The Morgan fingerprint density at radius 1 is 1.43 bits per heavy atom. The van der Waals surface area contributed by atoms with Crippen LogP contribution in [0, 0.1) is 0 Å². The van der Waals surface area contributed by atoms with Crippen LogP contribution in [0.5, 0.6) is 5.75 Å². The fraction of sp³-hybridized carbons (Fsp3) is 0.647. The first-order valence-corrected chi connectivity index (χ1v) is 8.89. The van der Waals surface area contributed by atoms with Crippen LogP contribution in [0.15, 0.2) is 18.2 Å². The molecule has 21 heavy (non-hydrogen) atoms. The SMILES string of the molecule is CCCNCc1ccc(OC)c(CSC2CCOC2C)c1. The highest BCUT2D eigenvalue weighted by atomic mass is 32.2. The normalized spacial score (nSPS) is 21.7. The van der Waals surface area contributed by atoms with Gasteiger partial charge in [0, 0.05) is 29.7 Å². The van der Waals surface area contributed by atoms with Gasteiger partial charge in [-0.2, -0.15) is 11.8 Å². The average molecular weight is 309 g/mol. The number of hydrogen-bond acceptors (Lipinski definition) is 4. The zero-order valence-corrected chi connectivity index (χ0v) is 14.2. The van der Waals surface area contributed by atoms with Gasteiger partial charge in [-0.25, -0.2) is 0 Å². The molecule has 2 unspecified atom stereocenters. The molecule has 1 aromatic rings. The Kier molecular flexibility index (Phi) is 6.87. The van der Waals surface area contributed by atoms with Crippen molar-refractivity contribution in [3.8, 4) is 5.75 Å². The van der Waals surface area contributed by atoms with Gasteiger partial charge in [-0.1, -0.05) is 13.0 Å². The van der Waals surface area contributed by atoms with Gasteiger partial charge in [0.2, 0.25) is 0 Å². The van der Waals surface area contributed by atoms with Crippen molar-refractivity contribution in [2.24, 2.45) is 0 Å². The number of thioether (sulfide) groups is 1. The van der Waals surface area contributed by atoms with Gasteiger partial charge < -0.3 is 14.8 Å². The number of nitrogens with one attached hydrogen (secondary N) is 1. The molecule has 0 spiro atoms. The first-order valence-electron chi connectivity index (χ1n) is 7.84. The lowest BCUT2D eigenvalue weighted by Crippen LogP contribution is -2.14. The van der Waals surface area contributed by atoms with Crippen LogP contribution >= 0.6 is 11.8 Å². The third-order valence-electron chi connectivity index (χ3n) is 3.86. The lowest BCUT2D eigenvalue weighted by molar-refractivity contribution is 0.127. The van der Waals surface area contributed by atoms with Gasteiger partial charge in [-0.3, -0.25) is 0 Å². The second-order valence-corrected chi connectivity index (χ2v) is 6.76. The molecule has 0 amide bonds. The summed E-state index contributed by atoms with van der Waals surface area (Å²) >= 11 is 1.99. The molecule has 2 rings (SSSR count). The van der Waals surface area contributed by atoms with E-state index in [4.69, 9.17) is 9.47 Å². The zero-order chi connectivity index (χ0) is 15.1. The third-order valence-corrected chi connectivity index (χ3v) is 5.39. The van der Waals surface area contributed by atoms with Gasteiger partial charge in [-0.15, -0.1) is 0 Å².